The van der Waals surface area contributed by atoms with Crippen molar-refractivity contribution in [3.8, 4) is 11.3 Å². The third kappa shape index (κ3) is 5.19. The number of Topliss-reactive ketones (excluding diaryl/α,β-unsaturated/α-hetero) is 1. The monoisotopic (exact) mass is 633 g/mol. The molecular weight excluding hydrogens is 599 g/mol. The second-order valence-electron chi connectivity index (χ2n) is 10.8. The molecule has 0 bridgehead atoms. The number of allylic oxidation sites excluding steroid dienone is 2. The number of carbonyl (C=O) groups excluding carboxylic acids is 1. The molecule has 34 heavy (non-hydrogen) atoms. The average molecular weight is 633 g/mol. The Balaban J connectivity index is 0.000000186. The van der Waals surface area contributed by atoms with Crippen molar-refractivity contribution in [3.05, 3.63) is 77.7 Å². The molecule has 2 aromatic carbocycles. The van der Waals surface area contributed by atoms with Crippen LogP contribution in [0.3, 0.4) is 0 Å². The Labute approximate surface area is 217 Å². The van der Waals surface area contributed by atoms with Gasteiger partial charge in [-0.25, -0.2) is 0 Å². The predicted molar refractivity (Wildman–Crippen MR) is 135 cm³/mol. The van der Waals surface area contributed by atoms with Gasteiger partial charge in [0.2, 0.25) is 0 Å². The van der Waals surface area contributed by atoms with E-state index in [9.17, 15) is 9.90 Å². The molecule has 1 radical (unpaired) electrons. The quantitative estimate of drug-likeness (QED) is 0.281. The Kier molecular flexibility index (Phi) is 7.85. The van der Waals surface area contributed by atoms with Gasteiger partial charge in [0.1, 0.15) is 5.76 Å². The second-order valence-corrected chi connectivity index (χ2v) is 10.8. The molecule has 1 N–H and O–H groups in total. The first-order chi connectivity index (χ1) is 15.6. The zero-order valence-corrected chi connectivity index (χ0v) is 23.1. The molecule has 0 amide bonds. The number of aryl methyl sites for hydroxylation is 1. The van der Waals surface area contributed by atoms with Crippen LogP contribution in [0.1, 0.15) is 58.9 Å². The Hall–Kier alpha value is -2.29. The van der Waals surface area contributed by atoms with E-state index in [2.05, 4.69) is 36.2 Å². The minimum atomic E-state index is -0.284. The van der Waals surface area contributed by atoms with Gasteiger partial charge in [-0.2, -0.15) is 0 Å². The number of aromatic nitrogens is 1. The van der Waals surface area contributed by atoms with Crippen LogP contribution in [0.4, 0.5) is 0 Å². The van der Waals surface area contributed by atoms with Crippen LogP contribution < -0.4 is 0 Å². The fraction of sp³-hybridized carbons (Fsp3) is 0.400. The van der Waals surface area contributed by atoms with Crippen LogP contribution >= 0.6 is 0 Å². The zero-order chi connectivity index (χ0) is 23.8. The van der Waals surface area contributed by atoms with Crippen molar-refractivity contribution < 1.29 is 30.0 Å². The summed E-state index contributed by atoms with van der Waals surface area (Å²) in [6, 6.07) is 19.7. The third-order valence-corrected chi connectivity index (χ3v) is 7.29. The summed E-state index contributed by atoms with van der Waals surface area (Å²) in [5, 5.41) is 12.7. The Morgan fingerprint density at radius 3 is 2.38 bits per heavy atom. The number of aliphatic hydroxyl groups excluding tert-OH is 1. The van der Waals surface area contributed by atoms with Crippen molar-refractivity contribution in [2.24, 2.45) is 16.7 Å². The molecule has 181 valence electrons. The van der Waals surface area contributed by atoms with Crippen molar-refractivity contribution in [1.82, 2.24) is 4.98 Å². The van der Waals surface area contributed by atoms with Crippen molar-refractivity contribution in [3.63, 3.8) is 0 Å². The summed E-state index contributed by atoms with van der Waals surface area (Å²) >= 11 is 0. The fourth-order valence-corrected chi connectivity index (χ4v) is 4.99. The number of fused-ring (bicyclic) bond motifs is 2. The number of benzene rings is 2. The maximum Gasteiger partial charge on any atom is 0.168 e. The van der Waals surface area contributed by atoms with Crippen LogP contribution in [0.25, 0.3) is 22.0 Å². The van der Waals surface area contributed by atoms with Crippen LogP contribution in [0.2, 0.25) is 0 Å². The molecule has 1 fully saturated rings. The molecule has 1 heterocycles. The van der Waals surface area contributed by atoms with E-state index in [1.807, 2.05) is 64.2 Å². The number of rotatable bonds is 1. The Morgan fingerprint density at radius 2 is 1.71 bits per heavy atom. The summed E-state index contributed by atoms with van der Waals surface area (Å²) in [4.78, 5) is 16.8. The van der Waals surface area contributed by atoms with E-state index in [4.69, 9.17) is 0 Å². The molecule has 0 spiro atoms. The van der Waals surface area contributed by atoms with E-state index >= 15 is 0 Å². The van der Waals surface area contributed by atoms with E-state index in [0.717, 1.165) is 42.5 Å². The molecule has 5 rings (SSSR count). The van der Waals surface area contributed by atoms with Crippen LogP contribution in [0.5, 0.6) is 0 Å². The van der Waals surface area contributed by atoms with E-state index in [1.54, 1.807) is 0 Å². The molecule has 0 saturated heterocycles. The van der Waals surface area contributed by atoms with Gasteiger partial charge in [0, 0.05) is 42.7 Å². The largest absolute Gasteiger partial charge is 0.511 e. The van der Waals surface area contributed by atoms with Gasteiger partial charge >= 0.3 is 0 Å². The van der Waals surface area contributed by atoms with Crippen molar-refractivity contribution in [1.29, 1.82) is 0 Å². The van der Waals surface area contributed by atoms with Crippen molar-refractivity contribution in [2.75, 3.05) is 0 Å². The van der Waals surface area contributed by atoms with E-state index in [1.165, 1.54) is 16.3 Å². The Morgan fingerprint density at radius 1 is 1.00 bits per heavy atom. The summed E-state index contributed by atoms with van der Waals surface area (Å²) in [5.74, 6) is 0.851. The number of carbonyl (C=O) groups is 1. The normalized spacial score (nSPS) is 20.6. The average Bonchev–Trinajstić information content (AvgIpc) is 2.79. The molecule has 2 aliphatic carbocycles. The number of ketones is 1. The molecular formula is C30H34IrNO2-. The minimum Gasteiger partial charge on any atom is -0.511 e. The van der Waals surface area contributed by atoms with E-state index < -0.39 is 0 Å². The summed E-state index contributed by atoms with van der Waals surface area (Å²) in [5.41, 5.74) is 3.55. The Bertz CT molecular complexity index is 1210. The molecule has 1 saturated carbocycles. The van der Waals surface area contributed by atoms with Gasteiger partial charge in [-0.15, -0.1) is 35.9 Å². The predicted octanol–water partition coefficient (Wildman–Crippen LogP) is 7.63. The van der Waals surface area contributed by atoms with Crippen molar-refractivity contribution in [2.45, 2.75) is 60.3 Å². The first-order valence-corrected chi connectivity index (χ1v) is 11.9. The maximum absolute atomic E-state index is 12.4. The van der Waals surface area contributed by atoms with Gasteiger partial charge in [-0.1, -0.05) is 51.5 Å². The van der Waals surface area contributed by atoms with Crippen LogP contribution in [0, 0.1) is 29.7 Å². The van der Waals surface area contributed by atoms with Crippen LogP contribution in [0.15, 0.2) is 66.1 Å². The van der Waals surface area contributed by atoms with Crippen molar-refractivity contribution >= 4 is 16.6 Å². The number of hydrogen-bond acceptors (Lipinski definition) is 3. The standard InChI is InChI=1S/C16H12N.C14H22O2.Ir/c1-12-7-8-13-9-10-17-16(15(13)11-12)14-5-3-2-4-6-14;1-13(2)7-5-9-6-8-14(3,4)12(16)10(9)11(13)15;/h2-5,7-11H,1H3;9,15H,5-8H2,1-4H3;/q-1;;. The fourth-order valence-electron chi connectivity index (χ4n) is 4.99. The van der Waals surface area contributed by atoms with E-state index in [0.29, 0.717) is 11.7 Å². The number of aliphatic hydroxyl groups is 1. The number of pyridine rings is 1. The third-order valence-electron chi connectivity index (χ3n) is 7.29. The maximum atomic E-state index is 12.4. The molecule has 3 aromatic rings. The summed E-state index contributed by atoms with van der Waals surface area (Å²) in [6.07, 6.45) is 5.89. The van der Waals surface area contributed by atoms with Gasteiger partial charge in [-0.05, 0) is 61.1 Å². The molecule has 1 atom stereocenters. The molecule has 2 aliphatic rings. The second kappa shape index (κ2) is 10.1. The summed E-state index contributed by atoms with van der Waals surface area (Å²) < 4.78 is 0. The molecule has 1 aromatic heterocycles. The molecule has 1 unspecified atom stereocenters. The first-order valence-electron chi connectivity index (χ1n) is 11.9. The minimum absolute atomic E-state index is 0. The smallest absolute Gasteiger partial charge is 0.168 e. The topological polar surface area (TPSA) is 50.2 Å². The van der Waals surface area contributed by atoms with Gasteiger partial charge in [-0.3, -0.25) is 4.79 Å². The number of nitrogens with zero attached hydrogens (tertiary/aromatic N) is 1. The molecule has 0 aliphatic heterocycles. The summed E-state index contributed by atoms with van der Waals surface area (Å²) in [6.45, 7) is 10.1. The van der Waals surface area contributed by atoms with Gasteiger partial charge in [0.05, 0.1) is 0 Å². The van der Waals surface area contributed by atoms with Gasteiger partial charge < -0.3 is 10.1 Å². The van der Waals surface area contributed by atoms with E-state index in [-0.39, 0.29) is 36.7 Å². The SMILES string of the molecule is CC1(C)CCC2CCC(C)(C)C(O)=C2C1=O.Cc1ccc2ccnc(-c3[c-]cccc3)c2c1.[Ir]. The van der Waals surface area contributed by atoms with Crippen LogP contribution in [-0.4, -0.2) is 15.9 Å². The van der Waals surface area contributed by atoms with Crippen LogP contribution in [-0.2, 0) is 24.9 Å². The first kappa shape index (κ1) is 26.3. The molecule has 4 heteroatoms. The zero-order valence-electron chi connectivity index (χ0n) is 20.7. The molecule has 3 nitrogen and oxygen atoms in total. The van der Waals surface area contributed by atoms with Gasteiger partial charge in [0.15, 0.2) is 5.78 Å². The van der Waals surface area contributed by atoms with Gasteiger partial charge in [0.25, 0.3) is 0 Å². The summed E-state index contributed by atoms with van der Waals surface area (Å²) in [7, 11) is 0. The number of hydrogen-bond donors (Lipinski definition) is 1.